The number of amides is 3. The topological polar surface area (TPSA) is 100 Å². The van der Waals surface area contributed by atoms with Crippen LogP contribution in [0.25, 0.3) is 0 Å². The van der Waals surface area contributed by atoms with Crippen LogP contribution in [-0.4, -0.2) is 64.4 Å². The van der Waals surface area contributed by atoms with Crippen molar-refractivity contribution in [2.45, 2.75) is 4.90 Å². The summed E-state index contributed by atoms with van der Waals surface area (Å²) in [5, 5.41) is 4.44. The van der Waals surface area contributed by atoms with E-state index in [-0.39, 0.29) is 24.5 Å². The molecule has 1 aromatic carbocycles. The van der Waals surface area contributed by atoms with Crippen LogP contribution in [-0.2, 0) is 14.8 Å². The number of nitrogens with zero attached hydrogens (tertiary/aromatic N) is 1. The number of hydrogen-bond acceptors (Lipinski definition) is 4. The normalized spacial score (nSPS) is 16.6. The molecular weight excluding hydrogens is 339 g/mol. The van der Waals surface area contributed by atoms with Crippen molar-refractivity contribution in [3.63, 3.8) is 0 Å². The minimum absolute atomic E-state index is 0.0704. The number of carbonyl (C=O) groups is 2. The van der Waals surface area contributed by atoms with E-state index >= 15 is 0 Å². The van der Waals surface area contributed by atoms with Crippen LogP contribution >= 0.6 is 0 Å². The Balaban J connectivity index is 1.94. The van der Waals surface area contributed by atoms with E-state index in [0.29, 0.717) is 13.1 Å². The molecule has 1 heterocycles. The van der Waals surface area contributed by atoms with E-state index in [4.69, 9.17) is 0 Å². The third-order valence-electron chi connectivity index (χ3n) is 3.77. The molecule has 2 rings (SSSR count). The molecule has 8 nitrogen and oxygen atoms in total. The number of rotatable bonds is 4. The maximum absolute atomic E-state index is 13.7. The van der Waals surface area contributed by atoms with Gasteiger partial charge in [-0.2, -0.15) is 4.31 Å². The third kappa shape index (κ3) is 4.28. The van der Waals surface area contributed by atoms with Gasteiger partial charge in [0.1, 0.15) is 10.7 Å². The Labute approximate surface area is 139 Å². The Morgan fingerprint density at radius 3 is 2.46 bits per heavy atom. The molecule has 1 aromatic rings. The van der Waals surface area contributed by atoms with Crippen molar-refractivity contribution >= 4 is 22.0 Å². The first kappa shape index (κ1) is 18.3. The molecule has 1 aliphatic heterocycles. The first-order valence-corrected chi connectivity index (χ1v) is 8.88. The lowest BCUT2D eigenvalue weighted by Crippen LogP contribution is -3.15. The molecule has 3 amide bonds. The molecule has 1 saturated heterocycles. The lowest BCUT2D eigenvalue weighted by Gasteiger charge is -2.31. The number of imide groups is 1. The summed E-state index contributed by atoms with van der Waals surface area (Å²) in [5.74, 6) is -1.22. The largest absolute Gasteiger partial charge is 0.341 e. The molecule has 1 fully saturated rings. The number of hydrogen-bond donors (Lipinski definition) is 3. The number of nitrogens with one attached hydrogen (secondary N) is 3. The lowest BCUT2D eigenvalue weighted by molar-refractivity contribution is -0.895. The molecule has 10 heteroatoms. The van der Waals surface area contributed by atoms with Gasteiger partial charge < -0.3 is 10.2 Å². The van der Waals surface area contributed by atoms with Gasteiger partial charge in [-0.3, -0.25) is 10.1 Å². The number of sulfonamides is 1. The molecule has 24 heavy (non-hydrogen) atoms. The fourth-order valence-electron chi connectivity index (χ4n) is 2.47. The van der Waals surface area contributed by atoms with E-state index in [1.807, 2.05) is 0 Å². The summed E-state index contributed by atoms with van der Waals surface area (Å²) < 4.78 is 39.9. The summed E-state index contributed by atoms with van der Waals surface area (Å²) in [5.41, 5.74) is 0. The van der Waals surface area contributed by atoms with E-state index < -0.39 is 27.8 Å². The summed E-state index contributed by atoms with van der Waals surface area (Å²) >= 11 is 0. The second-order valence-corrected chi connectivity index (χ2v) is 7.29. The van der Waals surface area contributed by atoms with Gasteiger partial charge in [-0.1, -0.05) is 12.1 Å². The minimum Gasteiger partial charge on any atom is -0.341 e. The highest BCUT2D eigenvalue weighted by molar-refractivity contribution is 7.89. The molecule has 0 radical (unpaired) electrons. The number of urea groups is 1. The van der Waals surface area contributed by atoms with Crippen LogP contribution in [0.1, 0.15) is 0 Å². The van der Waals surface area contributed by atoms with E-state index in [2.05, 4.69) is 10.6 Å². The van der Waals surface area contributed by atoms with Crippen LogP contribution in [0.15, 0.2) is 29.2 Å². The second kappa shape index (κ2) is 7.69. The van der Waals surface area contributed by atoms with Crippen LogP contribution in [0, 0.1) is 5.82 Å². The molecule has 0 bridgehead atoms. The fourth-order valence-corrected chi connectivity index (χ4v) is 3.98. The van der Waals surface area contributed by atoms with Gasteiger partial charge in [0, 0.05) is 7.05 Å². The molecule has 132 valence electrons. The second-order valence-electron chi connectivity index (χ2n) is 5.39. The number of halogens is 1. The van der Waals surface area contributed by atoms with E-state index in [1.165, 1.54) is 29.6 Å². The highest BCUT2D eigenvalue weighted by Crippen LogP contribution is 2.18. The van der Waals surface area contributed by atoms with Crippen molar-refractivity contribution in [3.05, 3.63) is 30.1 Å². The molecule has 0 saturated carbocycles. The molecule has 0 unspecified atom stereocenters. The molecule has 0 aromatic heterocycles. The average Bonchev–Trinajstić information content (AvgIpc) is 2.55. The van der Waals surface area contributed by atoms with Crippen molar-refractivity contribution in [3.8, 4) is 0 Å². The highest BCUT2D eigenvalue weighted by Gasteiger charge is 2.32. The molecule has 3 N–H and O–H groups in total. The summed E-state index contributed by atoms with van der Waals surface area (Å²) in [7, 11) is -2.48. The third-order valence-corrected chi connectivity index (χ3v) is 5.71. The van der Waals surface area contributed by atoms with Gasteiger partial charge in [-0.15, -0.1) is 0 Å². The monoisotopic (exact) mass is 359 g/mol. The highest BCUT2D eigenvalue weighted by atomic mass is 32.2. The van der Waals surface area contributed by atoms with Gasteiger partial charge in [0.25, 0.3) is 5.91 Å². The SMILES string of the molecule is CNC(=O)NC(=O)C[NH+]1CCN(S(=O)(=O)c2ccccc2F)CC1. The van der Waals surface area contributed by atoms with Gasteiger partial charge in [0.15, 0.2) is 6.54 Å². The van der Waals surface area contributed by atoms with Crippen molar-refractivity contribution < 1.29 is 27.3 Å². The lowest BCUT2D eigenvalue weighted by atomic mass is 10.3. The van der Waals surface area contributed by atoms with Crippen LogP contribution in [0.2, 0.25) is 0 Å². The number of quaternary nitrogens is 1. The number of piperazine rings is 1. The van der Waals surface area contributed by atoms with E-state index in [0.717, 1.165) is 11.0 Å². The van der Waals surface area contributed by atoms with Gasteiger partial charge in [-0.05, 0) is 12.1 Å². The van der Waals surface area contributed by atoms with Crippen molar-refractivity contribution in [2.24, 2.45) is 0 Å². The maximum Gasteiger partial charge on any atom is 0.321 e. The van der Waals surface area contributed by atoms with Gasteiger partial charge in [-0.25, -0.2) is 17.6 Å². The average molecular weight is 359 g/mol. The summed E-state index contributed by atoms with van der Waals surface area (Å²) in [6.45, 7) is 1.23. The Hall–Kier alpha value is -2.04. The first-order valence-electron chi connectivity index (χ1n) is 7.44. The Bertz CT molecular complexity index is 717. The predicted molar refractivity (Wildman–Crippen MR) is 83.3 cm³/mol. The van der Waals surface area contributed by atoms with Gasteiger partial charge in [0.05, 0.1) is 26.2 Å². The van der Waals surface area contributed by atoms with E-state index in [9.17, 15) is 22.4 Å². The van der Waals surface area contributed by atoms with E-state index in [1.54, 1.807) is 0 Å². The zero-order valence-electron chi connectivity index (χ0n) is 13.2. The Morgan fingerprint density at radius 2 is 1.88 bits per heavy atom. The number of carbonyl (C=O) groups excluding carboxylic acids is 2. The molecular formula is C14H20FN4O4S+. The minimum atomic E-state index is -3.89. The zero-order chi connectivity index (χ0) is 17.7. The summed E-state index contributed by atoms with van der Waals surface area (Å²) in [6.07, 6.45) is 0. The van der Waals surface area contributed by atoms with Crippen LogP contribution < -0.4 is 15.5 Å². The van der Waals surface area contributed by atoms with Crippen LogP contribution in [0.4, 0.5) is 9.18 Å². The first-order chi connectivity index (χ1) is 11.3. The summed E-state index contributed by atoms with van der Waals surface area (Å²) in [6, 6.07) is 4.67. The molecule has 1 aliphatic rings. The standard InChI is InChI=1S/C14H19FN4O4S/c1-16-14(21)17-13(20)10-18-6-8-19(9-7-18)24(22,23)12-5-3-2-4-11(12)15/h2-5H,6-10H2,1H3,(H2,16,17,20,21)/p+1. The maximum atomic E-state index is 13.7. The van der Waals surface area contributed by atoms with Crippen molar-refractivity contribution in [1.82, 2.24) is 14.9 Å². The quantitative estimate of drug-likeness (QED) is 0.589. The van der Waals surface area contributed by atoms with Crippen LogP contribution in [0.3, 0.4) is 0 Å². The fraction of sp³-hybridized carbons (Fsp3) is 0.429. The van der Waals surface area contributed by atoms with Crippen molar-refractivity contribution in [1.29, 1.82) is 0 Å². The van der Waals surface area contributed by atoms with Gasteiger partial charge in [0.2, 0.25) is 10.0 Å². The zero-order valence-corrected chi connectivity index (χ0v) is 14.0. The van der Waals surface area contributed by atoms with Gasteiger partial charge >= 0.3 is 6.03 Å². The Morgan fingerprint density at radius 1 is 1.25 bits per heavy atom. The van der Waals surface area contributed by atoms with Crippen LogP contribution in [0.5, 0.6) is 0 Å². The molecule has 0 spiro atoms. The molecule has 0 aliphatic carbocycles. The predicted octanol–water partition coefficient (Wildman–Crippen LogP) is -1.83. The van der Waals surface area contributed by atoms with Crippen molar-refractivity contribution in [2.75, 3.05) is 39.8 Å². The Kier molecular flexibility index (Phi) is 5.86. The smallest absolute Gasteiger partial charge is 0.321 e. The molecule has 0 atom stereocenters. The summed E-state index contributed by atoms with van der Waals surface area (Å²) in [4.78, 5) is 23.2. The number of benzene rings is 1.